The molecule has 1 saturated heterocycles. The highest BCUT2D eigenvalue weighted by Gasteiger charge is 2.71. The van der Waals surface area contributed by atoms with Gasteiger partial charge in [0.2, 0.25) is 0 Å². The van der Waals surface area contributed by atoms with Gasteiger partial charge < -0.3 is 23.4 Å². The smallest absolute Gasteiger partial charge is 0.192 e. The summed E-state index contributed by atoms with van der Waals surface area (Å²) in [5, 5.41) is 11.7. The Kier molecular flexibility index (Phi) is 9.02. The predicted octanol–water partition coefficient (Wildman–Crippen LogP) is 9.08. The zero-order chi connectivity index (χ0) is 32.0. The average Bonchev–Trinajstić information content (AvgIpc) is 3.37. The number of ether oxygens (including phenoxy) is 2. The summed E-state index contributed by atoms with van der Waals surface area (Å²) in [6, 6.07) is 3.48. The molecule has 0 unspecified atom stereocenters. The van der Waals surface area contributed by atoms with Crippen LogP contribution in [0.15, 0.2) is 11.6 Å². The fourth-order valence-electron chi connectivity index (χ4n) is 10.7. The lowest BCUT2D eigenvalue weighted by Gasteiger charge is -2.65. The van der Waals surface area contributed by atoms with Crippen molar-refractivity contribution in [2.24, 2.45) is 34.5 Å². The molecular weight excluding hydrogens is 569 g/mol. The summed E-state index contributed by atoms with van der Waals surface area (Å²) in [5.74, 6) is 0.816. The molecule has 7 heteroatoms. The number of hydrogen-bond acceptors (Lipinski definition) is 5. The number of hydrogen-bond donors (Lipinski definition) is 1. The molecule has 5 fully saturated rings. The highest BCUT2D eigenvalue weighted by molar-refractivity contribution is 6.74. The standard InChI is InChI=1S/C36H66O5Si2/c1-14-24-27(37)21-25-29-30(28(22-36(24,25)11)41-43(15-2,16-3)17-4)35(10)19-18-23(40-42(12,13)33(5,6)7)20-26(35)31-32(29)39-34(8,9)38-31/h14,23,25-32,37H,15-22H2,1-13H3/b24-14-/t23-,25-,26+,27+,28-,29-,30-,31+,32+,35-,36+/m0/s1. The van der Waals surface area contributed by atoms with E-state index in [1.165, 1.54) is 5.57 Å². The molecule has 5 rings (SSSR count). The molecule has 5 aliphatic rings. The Morgan fingerprint density at radius 3 is 2.09 bits per heavy atom. The third-order valence-electron chi connectivity index (χ3n) is 14.2. The highest BCUT2D eigenvalue weighted by Crippen LogP contribution is 2.70. The molecule has 0 spiro atoms. The van der Waals surface area contributed by atoms with Crippen LogP contribution >= 0.6 is 0 Å². The van der Waals surface area contributed by atoms with Crippen molar-refractivity contribution in [1.29, 1.82) is 0 Å². The molecule has 0 bridgehead atoms. The van der Waals surface area contributed by atoms with Crippen molar-refractivity contribution >= 4 is 16.6 Å². The fraction of sp³-hybridized carbons (Fsp3) is 0.944. The zero-order valence-electron chi connectivity index (χ0n) is 30.0. The van der Waals surface area contributed by atoms with Gasteiger partial charge in [0.25, 0.3) is 0 Å². The molecular formula is C36H66O5Si2. The molecule has 0 radical (unpaired) electrons. The Morgan fingerprint density at radius 2 is 1.53 bits per heavy atom. The first-order chi connectivity index (χ1) is 19.8. The Hall–Kier alpha value is -0.0262. The molecule has 0 aromatic heterocycles. The maximum atomic E-state index is 11.5. The van der Waals surface area contributed by atoms with Crippen molar-refractivity contribution in [3.8, 4) is 0 Å². The lowest BCUT2D eigenvalue weighted by Crippen LogP contribution is -2.68. The number of fused-ring (bicyclic) bond motifs is 8. The third-order valence-corrected chi connectivity index (χ3v) is 23.4. The molecule has 4 saturated carbocycles. The molecule has 248 valence electrons. The van der Waals surface area contributed by atoms with Crippen molar-refractivity contribution in [1.82, 2.24) is 0 Å². The Labute approximate surface area is 266 Å². The second-order valence-corrected chi connectivity index (χ2v) is 27.2. The lowest BCUT2D eigenvalue weighted by molar-refractivity contribution is -0.213. The summed E-state index contributed by atoms with van der Waals surface area (Å²) in [6.07, 6.45) is 7.50. The summed E-state index contributed by atoms with van der Waals surface area (Å²) in [5.41, 5.74) is 1.23. The molecule has 0 aromatic rings. The second kappa shape index (κ2) is 11.3. The van der Waals surface area contributed by atoms with Gasteiger partial charge in [-0.15, -0.1) is 0 Å². The Bertz CT molecular complexity index is 1050. The van der Waals surface area contributed by atoms with Crippen LogP contribution < -0.4 is 0 Å². The van der Waals surface area contributed by atoms with Crippen molar-refractivity contribution in [3.05, 3.63) is 11.6 Å². The van der Waals surface area contributed by atoms with E-state index < -0.39 is 22.4 Å². The fourth-order valence-corrected chi connectivity index (χ4v) is 15.0. The third kappa shape index (κ3) is 5.45. The number of rotatable bonds is 7. The van der Waals surface area contributed by atoms with Crippen molar-refractivity contribution in [3.63, 3.8) is 0 Å². The second-order valence-electron chi connectivity index (χ2n) is 17.7. The summed E-state index contributed by atoms with van der Waals surface area (Å²) in [7, 11) is -3.80. The van der Waals surface area contributed by atoms with E-state index >= 15 is 0 Å². The molecule has 1 heterocycles. The van der Waals surface area contributed by atoms with E-state index in [1.807, 2.05) is 0 Å². The van der Waals surface area contributed by atoms with Gasteiger partial charge in [-0.1, -0.05) is 61.5 Å². The molecule has 11 atom stereocenters. The summed E-state index contributed by atoms with van der Waals surface area (Å²) in [4.78, 5) is 0. The molecule has 1 N–H and O–H groups in total. The first kappa shape index (κ1) is 34.3. The monoisotopic (exact) mass is 634 g/mol. The zero-order valence-corrected chi connectivity index (χ0v) is 32.0. The lowest BCUT2D eigenvalue weighted by atomic mass is 9.43. The van der Waals surface area contributed by atoms with E-state index in [0.717, 1.165) is 50.2 Å². The normalized spacial score (nSPS) is 45.4. The van der Waals surface area contributed by atoms with Crippen LogP contribution in [0.4, 0.5) is 0 Å². The Morgan fingerprint density at radius 1 is 0.930 bits per heavy atom. The average molecular weight is 635 g/mol. The number of aliphatic hydroxyl groups excluding tert-OH is 1. The van der Waals surface area contributed by atoms with Crippen molar-refractivity contribution in [2.75, 3.05) is 0 Å². The first-order valence-electron chi connectivity index (χ1n) is 17.9. The van der Waals surface area contributed by atoms with Crippen LogP contribution in [0.3, 0.4) is 0 Å². The first-order valence-corrected chi connectivity index (χ1v) is 23.3. The van der Waals surface area contributed by atoms with Gasteiger partial charge >= 0.3 is 0 Å². The summed E-state index contributed by atoms with van der Waals surface area (Å²) >= 11 is 0. The maximum absolute atomic E-state index is 11.5. The van der Waals surface area contributed by atoms with Crippen LogP contribution in [-0.2, 0) is 18.3 Å². The van der Waals surface area contributed by atoms with Gasteiger partial charge in [-0.05, 0) is 129 Å². The molecule has 0 amide bonds. The summed E-state index contributed by atoms with van der Waals surface area (Å²) in [6.45, 7) is 30.3. The van der Waals surface area contributed by atoms with Gasteiger partial charge in [-0.2, -0.15) is 0 Å². The van der Waals surface area contributed by atoms with Gasteiger partial charge in [0.15, 0.2) is 22.4 Å². The molecule has 5 nitrogen and oxygen atoms in total. The number of allylic oxidation sites excluding steroid dienone is 1. The summed E-state index contributed by atoms with van der Waals surface area (Å²) < 4.78 is 28.8. The van der Waals surface area contributed by atoms with Gasteiger partial charge in [0, 0.05) is 12.2 Å². The minimum absolute atomic E-state index is 0.0183. The van der Waals surface area contributed by atoms with Crippen LogP contribution in [0, 0.1) is 34.5 Å². The maximum Gasteiger partial charge on any atom is 0.192 e. The van der Waals surface area contributed by atoms with Gasteiger partial charge in [0.05, 0.1) is 18.3 Å². The molecule has 43 heavy (non-hydrogen) atoms. The topological polar surface area (TPSA) is 57.2 Å². The van der Waals surface area contributed by atoms with E-state index in [4.69, 9.17) is 18.3 Å². The SMILES string of the molecule is C/C=C1/[C@H](O)C[C@H]2[C@@H]3[C@H]4OC(C)(C)O[C@@H]4[C@H]4C[C@@H](O[Si](C)(C)C(C)(C)C)CC[C@]4(C)[C@H]3[C@@H](O[Si](CC)(CC)CC)C[C@]12C. The minimum Gasteiger partial charge on any atom is -0.414 e. The van der Waals surface area contributed by atoms with Crippen LogP contribution in [0.25, 0.3) is 0 Å². The predicted molar refractivity (Wildman–Crippen MR) is 181 cm³/mol. The van der Waals surface area contributed by atoms with Crippen LogP contribution in [-0.4, -0.2) is 58.0 Å². The van der Waals surface area contributed by atoms with E-state index in [-0.39, 0.29) is 46.4 Å². The minimum atomic E-state index is -1.90. The highest BCUT2D eigenvalue weighted by atomic mass is 28.4. The van der Waals surface area contributed by atoms with Crippen LogP contribution in [0.2, 0.25) is 36.3 Å². The number of aliphatic hydroxyl groups is 1. The molecule has 1 aliphatic heterocycles. The van der Waals surface area contributed by atoms with E-state index in [9.17, 15) is 5.11 Å². The van der Waals surface area contributed by atoms with Gasteiger partial charge in [0.1, 0.15) is 0 Å². The van der Waals surface area contributed by atoms with Crippen LogP contribution in [0.5, 0.6) is 0 Å². The molecule has 4 aliphatic carbocycles. The van der Waals surface area contributed by atoms with E-state index in [2.05, 4.69) is 95.3 Å². The van der Waals surface area contributed by atoms with E-state index in [0.29, 0.717) is 23.7 Å². The van der Waals surface area contributed by atoms with Crippen LogP contribution in [0.1, 0.15) is 108 Å². The molecule has 0 aromatic carbocycles. The van der Waals surface area contributed by atoms with Gasteiger partial charge in [-0.3, -0.25) is 0 Å². The van der Waals surface area contributed by atoms with E-state index in [1.54, 1.807) is 0 Å². The van der Waals surface area contributed by atoms with Crippen molar-refractivity contribution < 1.29 is 23.4 Å². The quantitative estimate of drug-likeness (QED) is 0.224. The Balaban J connectivity index is 1.61. The van der Waals surface area contributed by atoms with Gasteiger partial charge in [-0.25, -0.2) is 0 Å². The van der Waals surface area contributed by atoms with Crippen molar-refractivity contribution in [2.45, 2.75) is 181 Å². The largest absolute Gasteiger partial charge is 0.414 e.